The molecule has 1 aliphatic heterocycles. The second-order valence-corrected chi connectivity index (χ2v) is 7.17. The molecule has 2 aromatic carbocycles. The lowest BCUT2D eigenvalue weighted by atomic mass is 9.85. The Bertz CT molecular complexity index is 1150. The summed E-state index contributed by atoms with van der Waals surface area (Å²) in [6.45, 7) is 1.77. The maximum Gasteiger partial charge on any atom is 0.335 e. The van der Waals surface area contributed by atoms with E-state index in [0.717, 1.165) is 0 Å². The predicted octanol–water partition coefficient (Wildman–Crippen LogP) is 3.84. The van der Waals surface area contributed by atoms with E-state index in [1.165, 1.54) is 16.8 Å². The van der Waals surface area contributed by atoms with Crippen molar-refractivity contribution >= 4 is 35.1 Å². The third-order valence-corrected chi connectivity index (χ3v) is 5.25. The number of aryl methyl sites for hydroxylation is 1. The summed E-state index contributed by atoms with van der Waals surface area (Å²) in [5.74, 6) is -1.87. The highest BCUT2D eigenvalue weighted by Crippen LogP contribution is 2.39. The van der Waals surface area contributed by atoms with Crippen LogP contribution in [0, 0.1) is 6.92 Å². The third kappa shape index (κ3) is 3.30. The number of ketones is 1. The molecule has 4 rings (SSSR count). The van der Waals surface area contributed by atoms with Gasteiger partial charge in [-0.15, -0.1) is 0 Å². The minimum atomic E-state index is -1.03. The van der Waals surface area contributed by atoms with Crippen molar-refractivity contribution in [1.82, 2.24) is 9.78 Å². The number of aromatic nitrogens is 2. The van der Waals surface area contributed by atoms with Gasteiger partial charge in [-0.25, -0.2) is 9.48 Å². The molecule has 1 amide bonds. The molecule has 0 radical (unpaired) electrons. The number of aromatic carboxylic acids is 1. The molecule has 1 atom stereocenters. The Morgan fingerprint density at radius 1 is 1.17 bits per heavy atom. The van der Waals surface area contributed by atoms with E-state index in [2.05, 4.69) is 10.4 Å². The first kappa shape index (κ1) is 18.9. The first-order valence-electron chi connectivity index (χ1n) is 8.88. The lowest BCUT2D eigenvalue weighted by Crippen LogP contribution is -2.28. The first-order valence-corrected chi connectivity index (χ1v) is 9.26. The SMILES string of the molecule is Cc1nn(-c2ccc(C(=O)O)cc2)c2c1C(C(=O)c1ccccc1Cl)CC(=O)N2. The van der Waals surface area contributed by atoms with Crippen LogP contribution in [0.4, 0.5) is 5.82 Å². The van der Waals surface area contributed by atoms with Crippen LogP contribution in [0.2, 0.25) is 5.02 Å². The van der Waals surface area contributed by atoms with Crippen molar-refractivity contribution in [2.75, 3.05) is 5.32 Å². The van der Waals surface area contributed by atoms with Crippen LogP contribution in [0.25, 0.3) is 5.69 Å². The molecular formula is C21H16ClN3O4. The van der Waals surface area contributed by atoms with Crippen molar-refractivity contribution < 1.29 is 19.5 Å². The smallest absolute Gasteiger partial charge is 0.335 e. The van der Waals surface area contributed by atoms with Gasteiger partial charge in [0.1, 0.15) is 5.82 Å². The number of benzene rings is 2. The maximum atomic E-state index is 13.2. The van der Waals surface area contributed by atoms with E-state index in [9.17, 15) is 14.4 Å². The zero-order chi connectivity index (χ0) is 20.7. The summed E-state index contributed by atoms with van der Waals surface area (Å²) in [7, 11) is 0. The Hall–Kier alpha value is -3.45. The maximum absolute atomic E-state index is 13.2. The molecule has 1 aromatic heterocycles. The van der Waals surface area contributed by atoms with E-state index in [4.69, 9.17) is 16.7 Å². The van der Waals surface area contributed by atoms with Crippen LogP contribution in [0.15, 0.2) is 48.5 Å². The quantitative estimate of drug-likeness (QED) is 0.637. The number of anilines is 1. The van der Waals surface area contributed by atoms with Crippen molar-refractivity contribution in [3.63, 3.8) is 0 Å². The van der Waals surface area contributed by atoms with Gasteiger partial charge in [0.2, 0.25) is 5.91 Å². The van der Waals surface area contributed by atoms with Crippen LogP contribution in [-0.2, 0) is 4.79 Å². The Morgan fingerprint density at radius 2 is 1.86 bits per heavy atom. The number of hydrogen-bond acceptors (Lipinski definition) is 4. The number of carboxylic acid groups (broad SMARTS) is 1. The van der Waals surface area contributed by atoms with Gasteiger partial charge in [-0.3, -0.25) is 9.59 Å². The molecule has 3 aromatic rings. The van der Waals surface area contributed by atoms with E-state index >= 15 is 0 Å². The van der Waals surface area contributed by atoms with Gasteiger partial charge in [0.05, 0.1) is 27.9 Å². The monoisotopic (exact) mass is 409 g/mol. The van der Waals surface area contributed by atoms with Crippen LogP contribution in [0.3, 0.4) is 0 Å². The summed E-state index contributed by atoms with van der Waals surface area (Å²) >= 11 is 6.19. The number of amides is 1. The van der Waals surface area contributed by atoms with E-state index in [1.807, 2.05) is 0 Å². The van der Waals surface area contributed by atoms with Crippen LogP contribution < -0.4 is 5.32 Å². The van der Waals surface area contributed by atoms with Crippen molar-refractivity contribution in [1.29, 1.82) is 0 Å². The molecule has 2 heterocycles. The number of carbonyl (C=O) groups is 3. The number of fused-ring (bicyclic) bond motifs is 1. The van der Waals surface area contributed by atoms with Crippen LogP contribution in [0.5, 0.6) is 0 Å². The fourth-order valence-corrected chi connectivity index (χ4v) is 3.78. The molecule has 0 fully saturated rings. The summed E-state index contributed by atoms with van der Waals surface area (Å²) in [4.78, 5) is 36.6. The molecule has 0 aliphatic carbocycles. The highest BCUT2D eigenvalue weighted by atomic mass is 35.5. The lowest BCUT2D eigenvalue weighted by molar-refractivity contribution is -0.116. The largest absolute Gasteiger partial charge is 0.478 e. The fraction of sp³-hybridized carbons (Fsp3) is 0.143. The van der Waals surface area contributed by atoms with Gasteiger partial charge in [0.15, 0.2) is 5.78 Å². The number of rotatable bonds is 4. The molecule has 1 aliphatic rings. The summed E-state index contributed by atoms with van der Waals surface area (Å²) in [6, 6.07) is 12.9. The minimum Gasteiger partial charge on any atom is -0.478 e. The van der Waals surface area contributed by atoms with Gasteiger partial charge in [-0.1, -0.05) is 23.7 Å². The zero-order valence-corrected chi connectivity index (χ0v) is 16.1. The number of carbonyl (C=O) groups excluding carboxylic acids is 2. The number of Topliss-reactive ketones (excluding diaryl/α,β-unsaturated/α-hetero) is 1. The van der Waals surface area contributed by atoms with E-state index in [0.29, 0.717) is 33.3 Å². The second-order valence-electron chi connectivity index (χ2n) is 6.76. The molecule has 2 N–H and O–H groups in total. The predicted molar refractivity (Wildman–Crippen MR) is 107 cm³/mol. The first-order chi connectivity index (χ1) is 13.9. The summed E-state index contributed by atoms with van der Waals surface area (Å²) in [6.07, 6.45) is 0.00153. The standard InChI is InChI=1S/C21H16ClN3O4/c1-11-18-15(19(27)14-4-2-3-5-16(14)22)10-17(26)23-20(18)25(24-11)13-8-6-12(7-9-13)21(28)29/h2-9,15H,10H2,1H3,(H,23,26)(H,28,29). The highest BCUT2D eigenvalue weighted by Gasteiger charge is 2.36. The molecule has 146 valence electrons. The molecule has 29 heavy (non-hydrogen) atoms. The average Bonchev–Trinajstić information content (AvgIpc) is 3.03. The lowest BCUT2D eigenvalue weighted by Gasteiger charge is -2.23. The molecule has 1 unspecified atom stereocenters. The van der Waals surface area contributed by atoms with Gasteiger partial charge in [-0.2, -0.15) is 5.10 Å². The molecule has 0 spiro atoms. The van der Waals surface area contributed by atoms with Gasteiger partial charge >= 0.3 is 5.97 Å². The van der Waals surface area contributed by atoms with Crippen molar-refractivity contribution in [3.05, 3.63) is 75.9 Å². The van der Waals surface area contributed by atoms with Crippen molar-refractivity contribution in [3.8, 4) is 5.69 Å². The minimum absolute atomic E-state index is 0.00153. The van der Waals surface area contributed by atoms with Gasteiger partial charge in [0, 0.05) is 17.5 Å². The second kappa shape index (κ2) is 7.18. The number of halogens is 1. The average molecular weight is 410 g/mol. The molecule has 0 bridgehead atoms. The van der Waals surface area contributed by atoms with E-state index in [1.54, 1.807) is 43.3 Å². The van der Waals surface area contributed by atoms with Crippen molar-refractivity contribution in [2.24, 2.45) is 0 Å². The van der Waals surface area contributed by atoms with Crippen molar-refractivity contribution in [2.45, 2.75) is 19.3 Å². The van der Waals surface area contributed by atoms with Crippen LogP contribution in [0.1, 0.15) is 44.3 Å². The molecule has 7 nitrogen and oxygen atoms in total. The highest BCUT2D eigenvalue weighted by molar-refractivity contribution is 6.34. The van der Waals surface area contributed by atoms with Crippen LogP contribution >= 0.6 is 11.6 Å². The number of nitrogens with one attached hydrogen (secondary N) is 1. The number of nitrogens with zero attached hydrogens (tertiary/aromatic N) is 2. The van der Waals surface area contributed by atoms with Gasteiger partial charge in [0.25, 0.3) is 0 Å². The molecule has 0 saturated heterocycles. The normalized spacial score (nSPS) is 15.5. The summed E-state index contributed by atoms with van der Waals surface area (Å²) in [5, 5.41) is 16.7. The van der Waals surface area contributed by atoms with E-state index in [-0.39, 0.29) is 23.7 Å². The summed E-state index contributed by atoms with van der Waals surface area (Å²) in [5.41, 5.74) is 2.31. The molecule has 0 saturated carbocycles. The zero-order valence-electron chi connectivity index (χ0n) is 15.3. The third-order valence-electron chi connectivity index (χ3n) is 4.92. The van der Waals surface area contributed by atoms with Gasteiger partial charge < -0.3 is 10.4 Å². The van der Waals surface area contributed by atoms with Gasteiger partial charge in [-0.05, 0) is 43.3 Å². The topological polar surface area (TPSA) is 101 Å². The summed E-state index contributed by atoms with van der Waals surface area (Å²) < 4.78 is 1.51. The number of hydrogen-bond donors (Lipinski definition) is 2. The Labute approximate surface area is 170 Å². The fourth-order valence-electron chi connectivity index (χ4n) is 3.55. The molecule has 8 heteroatoms. The number of carboxylic acids is 1. The Kier molecular flexibility index (Phi) is 4.68. The Balaban J connectivity index is 1.80. The Morgan fingerprint density at radius 3 is 2.52 bits per heavy atom. The molecular weight excluding hydrogens is 394 g/mol. The van der Waals surface area contributed by atoms with E-state index < -0.39 is 11.9 Å². The van der Waals surface area contributed by atoms with Crippen LogP contribution in [-0.4, -0.2) is 32.5 Å².